The van der Waals surface area contributed by atoms with Crippen LogP contribution in [0, 0.1) is 86.9 Å². The Bertz CT molecular complexity index is 8510. The van der Waals surface area contributed by atoms with Crippen LogP contribution in [-0.4, -0.2) is 18.3 Å². The highest BCUT2D eigenvalue weighted by Crippen LogP contribution is 2.47. The molecule has 0 unspecified atom stereocenters. The summed E-state index contributed by atoms with van der Waals surface area (Å²) in [5, 5.41) is 53.2. The molecule has 0 aliphatic heterocycles. The van der Waals surface area contributed by atoms with E-state index in [-0.39, 0.29) is 0 Å². The number of nitriles is 4. The molecule has 0 aliphatic carbocycles. The summed E-state index contributed by atoms with van der Waals surface area (Å²) < 4.78 is 9.05. The van der Waals surface area contributed by atoms with Crippen molar-refractivity contribution in [2.24, 2.45) is 0 Å². The zero-order chi connectivity index (χ0) is 85.3. The summed E-state index contributed by atoms with van der Waals surface area (Å²) in [4.78, 5) is 0. The van der Waals surface area contributed by atoms with Gasteiger partial charge >= 0.3 is 0 Å². The molecule has 0 atom stereocenters. The molecule has 4 aromatic heterocycles. The van der Waals surface area contributed by atoms with Crippen molar-refractivity contribution in [1.82, 2.24) is 18.3 Å². The van der Waals surface area contributed by atoms with Gasteiger partial charge in [0.15, 0.2) is 0 Å². The van der Waals surface area contributed by atoms with E-state index in [2.05, 4.69) is 400 Å². The summed E-state index contributed by atoms with van der Waals surface area (Å²) in [7, 11) is 0. The molecule has 8 nitrogen and oxygen atoms in total. The Morgan fingerprint density at radius 2 is 0.397 bits per heavy atom. The second-order valence-corrected chi connectivity index (χ2v) is 33.5. The highest BCUT2D eigenvalue weighted by atomic mass is 15.0. The molecule has 0 spiro atoms. The summed E-state index contributed by atoms with van der Waals surface area (Å²) in [6, 6.07) is 140. The maximum absolute atomic E-state index is 11.4. The molecule has 590 valence electrons. The number of hydrogen-bond acceptors (Lipinski definition) is 4. The van der Waals surface area contributed by atoms with Crippen molar-refractivity contribution >= 4 is 87.2 Å². The van der Waals surface area contributed by atoms with Gasteiger partial charge in [-0.25, -0.2) is 0 Å². The molecule has 0 bridgehead atoms. The smallest absolute Gasteiger partial charge is 0.101 e. The molecule has 18 aromatic carbocycles. The number of hydrogen-bond donors (Lipinski definition) is 0. The molecule has 0 amide bonds. The molecule has 126 heavy (non-hydrogen) atoms. The predicted octanol–water partition coefficient (Wildman–Crippen LogP) is 30.4. The number of aryl methyl sites for hydroxylation is 6. The fourth-order valence-electron chi connectivity index (χ4n) is 19.9. The van der Waals surface area contributed by atoms with E-state index >= 15 is 0 Å². The van der Waals surface area contributed by atoms with Crippen molar-refractivity contribution < 1.29 is 0 Å². The molecule has 0 saturated carbocycles. The lowest BCUT2D eigenvalue weighted by Gasteiger charge is -2.16. The maximum Gasteiger partial charge on any atom is 0.101 e. The minimum atomic E-state index is 0.523. The van der Waals surface area contributed by atoms with Gasteiger partial charge in [-0.05, 0) is 290 Å². The monoisotopic (exact) mass is 1610 g/mol. The molecule has 0 saturated heterocycles. The lowest BCUT2D eigenvalue weighted by atomic mass is 9.92. The van der Waals surface area contributed by atoms with Crippen LogP contribution < -0.4 is 0 Å². The summed E-state index contributed by atoms with van der Waals surface area (Å²) in [5.41, 5.74) is 39.2. The zero-order valence-corrected chi connectivity index (χ0v) is 70.2. The van der Waals surface area contributed by atoms with Crippen LogP contribution in [0.15, 0.2) is 364 Å². The number of para-hydroxylation sites is 2. The van der Waals surface area contributed by atoms with E-state index in [9.17, 15) is 21.0 Å². The normalized spacial score (nSPS) is 11.5. The Labute approximate surface area is 730 Å². The van der Waals surface area contributed by atoms with Crippen LogP contribution in [0.3, 0.4) is 0 Å². The van der Waals surface area contributed by atoms with E-state index in [0.717, 1.165) is 216 Å². The first-order valence-corrected chi connectivity index (χ1v) is 42.6. The van der Waals surface area contributed by atoms with Crippen LogP contribution in [0.4, 0.5) is 0 Å². The lowest BCUT2D eigenvalue weighted by molar-refractivity contribution is 1.16. The molecule has 8 heteroatoms. The SMILES string of the molecule is Cc1ccccc1-c1ccc2c(c1)c1ccccc1n2-c1cc(-c2ccc(C#N)c(-n3c4ccccc4c4cc(-c5cc(-c6ccc(-c7ccc8c9ccc(-c%10ccccc%10C)cc9n(-c9cc(-c%10ccc(C#N)c(-n%11c%12cc(-c%13ccccc%13C)ccc%12c%12ccc(-c%13ccccc%13C)cc%12%11)c%10)ccc9C#N)c8c7)c(C)c6)ccc5C)ccc43)c2)ccc1C#N. The summed E-state index contributed by atoms with van der Waals surface area (Å²) >= 11 is 0. The van der Waals surface area contributed by atoms with Gasteiger partial charge in [-0.1, -0.05) is 249 Å². The predicted molar refractivity (Wildman–Crippen MR) is 520 cm³/mol. The van der Waals surface area contributed by atoms with Crippen molar-refractivity contribution in [3.05, 3.63) is 420 Å². The number of rotatable bonds is 13. The van der Waals surface area contributed by atoms with Crippen molar-refractivity contribution in [2.45, 2.75) is 41.5 Å². The molecule has 0 aliphatic rings. The highest BCUT2D eigenvalue weighted by molar-refractivity contribution is 6.15. The summed E-state index contributed by atoms with van der Waals surface area (Å²) in [6.45, 7) is 13.0. The topological polar surface area (TPSA) is 115 Å². The first kappa shape index (κ1) is 75.3. The van der Waals surface area contributed by atoms with E-state index in [1.54, 1.807) is 0 Å². The number of nitrogens with zero attached hydrogens (tertiary/aromatic N) is 8. The Hall–Kier alpha value is -16.9. The Morgan fingerprint density at radius 1 is 0.159 bits per heavy atom. The average Bonchev–Trinajstić information content (AvgIpc) is 1.60. The average molecular weight is 1610 g/mol. The van der Waals surface area contributed by atoms with Crippen LogP contribution >= 0.6 is 0 Å². The zero-order valence-electron chi connectivity index (χ0n) is 70.2. The van der Waals surface area contributed by atoms with Crippen LogP contribution in [0.25, 0.3) is 210 Å². The van der Waals surface area contributed by atoms with E-state index in [0.29, 0.717) is 22.3 Å². The third-order valence-corrected chi connectivity index (χ3v) is 26.2. The first-order valence-electron chi connectivity index (χ1n) is 42.6. The molecule has 22 rings (SSSR count). The van der Waals surface area contributed by atoms with Gasteiger partial charge in [-0.3, -0.25) is 0 Å². The molecular weight excluding hydrogens is 1530 g/mol. The van der Waals surface area contributed by atoms with E-state index in [1.807, 2.05) is 48.5 Å². The van der Waals surface area contributed by atoms with Gasteiger partial charge in [0.1, 0.15) is 24.3 Å². The van der Waals surface area contributed by atoms with Gasteiger partial charge in [-0.2, -0.15) is 21.0 Å². The van der Waals surface area contributed by atoms with Gasteiger partial charge < -0.3 is 18.3 Å². The van der Waals surface area contributed by atoms with E-state index in [4.69, 9.17) is 0 Å². The molecule has 22 aromatic rings. The minimum Gasteiger partial charge on any atom is -0.308 e. The van der Waals surface area contributed by atoms with E-state index in [1.165, 1.54) is 27.8 Å². The van der Waals surface area contributed by atoms with Crippen LogP contribution in [0.1, 0.15) is 55.6 Å². The molecule has 0 fully saturated rings. The number of benzene rings is 18. The minimum absolute atomic E-state index is 0.523. The second-order valence-electron chi connectivity index (χ2n) is 33.5. The molecular formula is C118H78N8. The molecule has 4 heterocycles. The number of fused-ring (bicyclic) bond motifs is 12. The van der Waals surface area contributed by atoms with Gasteiger partial charge in [0.05, 0.1) is 89.1 Å². The second kappa shape index (κ2) is 30.1. The fourth-order valence-corrected chi connectivity index (χ4v) is 19.9. The van der Waals surface area contributed by atoms with Crippen LogP contribution in [-0.2, 0) is 0 Å². The highest BCUT2D eigenvalue weighted by Gasteiger charge is 2.26. The Kier molecular flexibility index (Phi) is 18.0. The van der Waals surface area contributed by atoms with Crippen molar-refractivity contribution in [3.63, 3.8) is 0 Å². The van der Waals surface area contributed by atoms with Crippen molar-refractivity contribution in [3.8, 4) is 147 Å². The summed E-state index contributed by atoms with van der Waals surface area (Å²) in [6.07, 6.45) is 0. The van der Waals surface area contributed by atoms with Crippen molar-refractivity contribution in [1.29, 1.82) is 21.0 Å². The van der Waals surface area contributed by atoms with Gasteiger partial charge in [0.25, 0.3) is 0 Å². The Balaban J connectivity index is 0.624. The first-order chi connectivity index (χ1) is 61.8. The van der Waals surface area contributed by atoms with Crippen molar-refractivity contribution in [2.75, 3.05) is 0 Å². The molecule has 0 N–H and O–H groups in total. The van der Waals surface area contributed by atoms with E-state index < -0.39 is 0 Å². The van der Waals surface area contributed by atoms with Gasteiger partial charge in [-0.15, -0.1) is 0 Å². The van der Waals surface area contributed by atoms with Gasteiger partial charge in [0.2, 0.25) is 0 Å². The fraction of sp³-hybridized carbons (Fsp3) is 0.0508. The quantitative estimate of drug-likeness (QED) is 0.114. The number of aromatic nitrogens is 4. The molecule has 0 radical (unpaired) electrons. The summed E-state index contributed by atoms with van der Waals surface area (Å²) in [5.74, 6) is 0. The van der Waals surface area contributed by atoms with Gasteiger partial charge in [0, 0.05) is 43.1 Å². The maximum atomic E-state index is 11.4. The Morgan fingerprint density at radius 3 is 0.738 bits per heavy atom. The third kappa shape index (κ3) is 12.3. The van der Waals surface area contributed by atoms with Crippen LogP contribution in [0.5, 0.6) is 0 Å². The lowest BCUT2D eigenvalue weighted by Crippen LogP contribution is -2.01. The largest absolute Gasteiger partial charge is 0.308 e. The third-order valence-electron chi connectivity index (χ3n) is 26.2. The standard InChI is InChI=1S/C118H78N8/c1-71-19-7-11-23-93(71)83-46-53-109-105(57-83)98-27-15-17-29-107(98)123(109)111-59-79(33-37-89(111)67-119)80-34-38-90(68-120)112(60-80)124-108-30-18-16-28-99(108)106-58-84(47-54-110(106)124)104-56-78(32-31-75(104)5)77-41-48-97(76(6)55-77)88-45-52-103-102-51-44-87(96-26-14-10-22-74(96)4)65-117(102)126(118(103)66-88)114-62-82(36-40-92(114)70-122)81-35-39-91(69-121)113(61-81)125-115-63-85(94-24-12-8-20-72(94)2)42-49-100(115)101-50-43-86(64-116(101)125)95-25-13-9-21-73(95)3/h7-66H,1-6H3. The van der Waals surface area contributed by atoms with Crippen LogP contribution in [0.2, 0.25) is 0 Å².